The number of carbonyl (C=O) groups is 2. The number of hydrogen-bond acceptors (Lipinski definition) is 4. The molecule has 1 aromatic rings. The van der Waals surface area contributed by atoms with E-state index in [4.69, 9.17) is 4.74 Å². The molecule has 2 amide bonds. The van der Waals surface area contributed by atoms with Gasteiger partial charge < -0.3 is 20.7 Å². The minimum Gasteiger partial charge on any atom is -0.376 e. The van der Waals surface area contributed by atoms with Crippen molar-refractivity contribution in [2.24, 2.45) is 5.92 Å². The lowest BCUT2D eigenvalue weighted by Crippen LogP contribution is -2.56. The van der Waals surface area contributed by atoms with E-state index in [2.05, 4.69) is 28.1 Å². The summed E-state index contributed by atoms with van der Waals surface area (Å²) in [5.41, 5.74) is 2.42. The lowest BCUT2D eigenvalue weighted by atomic mass is 9.94. The Bertz CT molecular complexity index is 641. The van der Waals surface area contributed by atoms with Crippen LogP contribution in [0.4, 0.5) is 0 Å². The van der Waals surface area contributed by atoms with Gasteiger partial charge in [-0.25, -0.2) is 0 Å². The maximum Gasteiger partial charge on any atom is 0.242 e. The molecule has 0 spiro atoms. The zero-order valence-corrected chi connectivity index (χ0v) is 15.6. The van der Waals surface area contributed by atoms with Crippen LogP contribution in [0.5, 0.6) is 0 Å². The van der Waals surface area contributed by atoms with Gasteiger partial charge in [-0.2, -0.15) is 0 Å². The summed E-state index contributed by atoms with van der Waals surface area (Å²) in [5, 5.41) is 9.14. The molecule has 3 N–H and O–H groups in total. The van der Waals surface area contributed by atoms with Crippen LogP contribution in [0, 0.1) is 5.92 Å². The fraction of sp³-hybridized carbons (Fsp3) is 0.600. The molecule has 2 heterocycles. The zero-order valence-electron chi connectivity index (χ0n) is 15.6. The Morgan fingerprint density at radius 3 is 2.73 bits per heavy atom. The second-order valence-electron chi connectivity index (χ2n) is 7.52. The molecule has 6 nitrogen and oxygen atoms in total. The number of hydrogen-bond donors (Lipinski definition) is 3. The van der Waals surface area contributed by atoms with Crippen LogP contribution in [0.3, 0.4) is 0 Å². The lowest BCUT2D eigenvalue weighted by molar-refractivity contribution is -0.131. The normalized spacial score (nSPS) is 23.3. The summed E-state index contributed by atoms with van der Waals surface area (Å²) >= 11 is 0. The molecule has 2 aliphatic heterocycles. The van der Waals surface area contributed by atoms with Gasteiger partial charge in [-0.3, -0.25) is 9.59 Å². The van der Waals surface area contributed by atoms with Crippen LogP contribution < -0.4 is 16.0 Å². The average molecular weight is 359 g/mol. The van der Waals surface area contributed by atoms with E-state index in [0.717, 1.165) is 19.4 Å². The highest BCUT2D eigenvalue weighted by Crippen LogP contribution is 2.17. The molecule has 1 saturated heterocycles. The Labute approximate surface area is 155 Å². The van der Waals surface area contributed by atoms with E-state index in [9.17, 15) is 9.59 Å². The molecular formula is C20H29N3O3. The monoisotopic (exact) mass is 359 g/mol. The molecule has 0 bridgehead atoms. The third-order valence-corrected chi connectivity index (χ3v) is 5.17. The minimum atomic E-state index is -0.539. The summed E-state index contributed by atoms with van der Waals surface area (Å²) in [5.74, 6) is -0.246. The molecule has 2 aliphatic rings. The first-order chi connectivity index (χ1) is 12.5. The number of fused-ring (bicyclic) bond motifs is 1. The number of nitrogens with one attached hydrogen (secondary N) is 3. The smallest absolute Gasteiger partial charge is 0.242 e. The van der Waals surface area contributed by atoms with Crippen LogP contribution in [-0.4, -0.2) is 43.2 Å². The van der Waals surface area contributed by atoms with Gasteiger partial charge in [-0.1, -0.05) is 38.1 Å². The number of benzene rings is 1. The van der Waals surface area contributed by atoms with Crippen LogP contribution >= 0.6 is 0 Å². The summed E-state index contributed by atoms with van der Waals surface area (Å²) < 4.78 is 5.54. The first-order valence-electron chi connectivity index (χ1n) is 9.54. The minimum absolute atomic E-state index is 0.0133. The summed E-state index contributed by atoms with van der Waals surface area (Å²) in [6.45, 7) is 5.83. The topological polar surface area (TPSA) is 79.5 Å². The van der Waals surface area contributed by atoms with Gasteiger partial charge in [-0.15, -0.1) is 0 Å². The van der Waals surface area contributed by atoms with Gasteiger partial charge in [0.25, 0.3) is 0 Å². The van der Waals surface area contributed by atoms with E-state index in [0.29, 0.717) is 19.5 Å². The fourth-order valence-electron chi connectivity index (χ4n) is 3.56. The van der Waals surface area contributed by atoms with Crippen molar-refractivity contribution in [2.75, 3.05) is 13.2 Å². The van der Waals surface area contributed by atoms with Crippen molar-refractivity contribution in [3.63, 3.8) is 0 Å². The highest BCUT2D eigenvalue weighted by molar-refractivity contribution is 5.90. The predicted octanol–water partition coefficient (Wildman–Crippen LogP) is 1.14. The van der Waals surface area contributed by atoms with Crippen LogP contribution in [0.2, 0.25) is 0 Å². The van der Waals surface area contributed by atoms with Gasteiger partial charge >= 0.3 is 0 Å². The zero-order chi connectivity index (χ0) is 18.5. The Hall–Kier alpha value is -1.92. The van der Waals surface area contributed by atoms with Crippen LogP contribution in [0.15, 0.2) is 24.3 Å². The van der Waals surface area contributed by atoms with E-state index >= 15 is 0 Å². The Morgan fingerprint density at radius 1 is 1.27 bits per heavy atom. The van der Waals surface area contributed by atoms with E-state index in [1.54, 1.807) is 0 Å². The quantitative estimate of drug-likeness (QED) is 0.712. The molecule has 1 fully saturated rings. The number of rotatable bonds is 6. The van der Waals surface area contributed by atoms with Gasteiger partial charge in [0.1, 0.15) is 6.04 Å². The van der Waals surface area contributed by atoms with Gasteiger partial charge in [0.05, 0.1) is 12.1 Å². The van der Waals surface area contributed by atoms with Crippen molar-refractivity contribution in [1.29, 1.82) is 0 Å². The average Bonchev–Trinajstić information content (AvgIpc) is 3.17. The highest BCUT2D eigenvalue weighted by Gasteiger charge is 2.30. The highest BCUT2D eigenvalue weighted by atomic mass is 16.5. The van der Waals surface area contributed by atoms with Gasteiger partial charge in [0, 0.05) is 19.7 Å². The number of ether oxygens (including phenoxy) is 1. The molecule has 26 heavy (non-hydrogen) atoms. The largest absolute Gasteiger partial charge is 0.376 e. The van der Waals surface area contributed by atoms with Crippen molar-refractivity contribution in [1.82, 2.24) is 16.0 Å². The molecule has 6 heteroatoms. The Balaban J connectivity index is 1.55. The lowest BCUT2D eigenvalue weighted by Gasteiger charge is -2.28. The Morgan fingerprint density at radius 2 is 2.04 bits per heavy atom. The third-order valence-electron chi connectivity index (χ3n) is 5.17. The molecular weight excluding hydrogens is 330 g/mol. The second kappa shape index (κ2) is 8.64. The molecule has 142 valence electrons. The Kier molecular flexibility index (Phi) is 6.27. The second-order valence-corrected chi connectivity index (χ2v) is 7.52. The van der Waals surface area contributed by atoms with Crippen molar-refractivity contribution >= 4 is 11.8 Å². The first kappa shape index (κ1) is 18.9. The summed E-state index contributed by atoms with van der Waals surface area (Å²) in [6.07, 6.45) is 2.76. The standard InChI is InChI=1S/C20H29N3O3/c1-13(2)18(20(25)22-12-16-8-5-9-26-16)23-19(24)17-10-14-6-3-4-7-15(14)11-21-17/h3-4,6-7,13,16-18,21H,5,8-12H2,1-2H3,(H,22,25)(H,23,24)/t16?,17-,18-/m0/s1. The van der Waals surface area contributed by atoms with Gasteiger partial charge in [0.15, 0.2) is 0 Å². The van der Waals surface area contributed by atoms with Crippen LogP contribution in [0.1, 0.15) is 37.8 Å². The fourth-order valence-corrected chi connectivity index (χ4v) is 3.56. The summed E-state index contributed by atoms with van der Waals surface area (Å²) in [4.78, 5) is 25.3. The summed E-state index contributed by atoms with van der Waals surface area (Å²) in [6, 6.07) is 7.29. The number of amides is 2. The molecule has 0 aliphatic carbocycles. The molecule has 3 rings (SSSR count). The van der Waals surface area contributed by atoms with Crippen molar-refractivity contribution in [3.8, 4) is 0 Å². The molecule has 0 saturated carbocycles. The van der Waals surface area contributed by atoms with E-state index in [-0.39, 0.29) is 29.9 Å². The van der Waals surface area contributed by atoms with Crippen molar-refractivity contribution < 1.29 is 14.3 Å². The third kappa shape index (κ3) is 4.62. The maximum atomic E-state index is 12.7. The summed E-state index contributed by atoms with van der Waals surface area (Å²) in [7, 11) is 0. The maximum absolute atomic E-state index is 12.7. The van der Waals surface area contributed by atoms with Crippen LogP contribution in [-0.2, 0) is 27.3 Å². The van der Waals surface area contributed by atoms with E-state index in [1.165, 1.54) is 11.1 Å². The van der Waals surface area contributed by atoms with Crippen LogP contribution in [0.25, 0.3) is 0 Å². The van der Waals surface area contributed by atoms with E-state index < -0.39 is 6.04 Å². The SMILES string of the molecule is CC(C)[C@H](NC(=O)[C@@H]1Cc2ccccc2CN1)C(=O)NCC1CCCO1. The molecule has 0 radical (unpaired) electrons. The molecule has 1 aromatic carbocycles. The molecule has 0 aromatic heterocycles. The number of carbonyl (C=O) groups excluding carboxylic acids is 2. The van der Waals surface area contributed by atoms with Gasteiger partial charge in [-0.05, 0) is 36.3 Å². The predicted molar refractivity (Wildman–Crippen MR) is 99.5 cm³/mol. The first-order valence-corrected chi connectivity index (χ1v) is 9.54. The van der Waals surface area contributed by atoms with Crippen molar-refractivity contribution in [2.45, 2.75) is 57.8 Å². The van der Waals surface area contributed by atoms with Crippen molar-refractivity contribution in [3.05, 3.63) is 35.4 Å². The van der Waals surface area contributed by atoms with E-state index in [1.807, 2.05) is 26.0 Å². The van der Waals surface area contributed by atoms with Gasteiger partial charge in [0.2, 0.25) is 11.8 Å². The molecule has 1 unspecified atom stereocenters. The molecule has 3 atom stereocenters.